The van der Waals surface area contributed by atoms with Crippen molar-refractivity contribution in [2.75, 3.05) is 41.3 Å². The van der Waals surface area contributed by atoms with Gasteiger partial charge in [-0.3, -0.25) is 13.2 Å². The van der Waals surface area contributed by atoms with Crippen molar-refractivity contribution in [1.82, 2.24) is 29.9 Å². The molecule has 0 unspecified atom stereocenters. The quantitative estimate of drug-likeness (QED) is 0.0223. The van der Waals surface area contributed by atoms with Crippen LogP contribution in [0.2, 0.25) is 30.7 Å². The summed E-state index contributed by atoms with van der Waals surface area (Å²) in [6.07, 6.45) is 11.3. The molecule has 0 amide bonds. The molecule has 510 valence electrons. The van der Waals surface area contributed by atoms with Crippen molar-refractivity contribution >= 4 is 229 Å². The van der Waals surface area contributed by atoms with Gasteiger partial charge in [0.15, 0.2) is 0 Å². The molecule has 1 saturated carbocycles. The van der Waals surface area contributed by atoms with Crippen LogP contribution in [0.5, 0.6) is 0 Å². The lowest BCUT2D eigenvalue weighted by Gasteiger charge is -2.07. The van der Waals surface area contributed by atoms with Crippen molar-refractivity contribution in [2.24, 2.45) is 22.9 Å². The first-order valence-corrected chi connectivity index (χ1v) is 39.2. The highest BCUT2D eigenvalue weighted by Crippen LogP contribution is 2.50. The van der Waals surface area contributed by atoms with E-state index in [9.17, 15) is 13.2 Å². The maximum Gasteiger partial charge on any atom is 0.131 e. The van der Waals surface area contributed by atoms with Gasteiger partial charge in [-0.25, -0.2) is 29.9 Å². The summed E-state index contributed by atoms with van der Waals surface area (Å²) in [7, 11) is 0. The number of thiophene rings is 5. The highest BCUT2D eigenvalue weighted by molar-refractivity contribution is 9.10. The number of fused-ring (bicyclic) bond motifs is 4. The molecule has 0 saturated heterocycles. The number of furan rings is 1. The van der Waals surface area contributed by atoms with Gasteiger partial charge in [0.2, 0.25) is 0 Å². The van der Waals surface area contributed by atoms with Gasteiger partial charge in [0.1, 0.15) is 47.4 Å². The lowest BCUT2D eigenvalue weighted by atomic mass is 10.1. The fourth-order valence-electron chi connectivity index (χ4n) is 10.1. The molecule has 0 spiro atoms. The van der Waals surface area contributed by atoms with Crippen molar-refractivity contribution in [3.8, 4) is 0 Å². The zero-order valence-electron chi connectivity index (χ0n) is 51.3. The van der Waals surface area contributed by atoms with Crippen LogP contribution in [0.25, 0.3) is 40.9 Å². The van der Waals surface area contributed by atoms with E-state index in [4.69, 9.17) is 97.0 Å². The molecule has 12 aromatic rings. The molecule has 0 radical (unpaired) electrons. The highest BCUT2D eigenvalue weighted by Gasteiger charge is 2.32. The summed E-state index contributed by atoms with van der Waals surface area (Å²) in [5.41, 5.74) is 32.2. The van der Waals surface area contributed by atoms with Crippen LogP contribution in [0.4, 0.5) is 35.9 Å². The largest absolute Gasteiger partial charge is 0.467 e. The fraction of sp³-hybridized carbons (Fsp3) is 0.344. The predicted octanol–water partition coefficient (Wildman–Crippen LogP) is 20.3. The lowest BCUT2D eigenvalue weighted by molar-refractivity contribution is 0.436. The van der Waals surface area contributed by atoms with Crippen molar-refractivity contribution < 1.29 is 17.6 Å². The number of thiazole rings is 2. The second-order valence-corrected chi connectivity index (χ2v) is 32.9. The van der Waals surface area contributed by atoms with E-state index in [2.05, 4.69) is 80.1 Å². The predicted molar refractivity (Wildman–Crippen MR) is 409 cm³/mol. The first-order valence-electron chi connectivity index (χ1n) is 30.3. The summed E-state index contributed by atoms with van der Waals surface area (Å²) < 4.78 is 47.6. The number of rotatable bonds is 27. The van der Waals surface area contributed by atoms with Crippen LogP contribution in [0.15, 0.2) is 92.2 Å². The summed E-state index contributed by atoms with van der Waals surface area (Å²) in [4.78, 5) is 31.8. The molecule has 32 heteroatoms. The number of alkyl halides is 3. The Morgan fingerprint density at radius 1 is 0.531 bits per heavy atom. The molecular formula is C64H66BrCl6F3N14OS7. The number of hydrogen-bond acceptors (Lipinski definition) is 22. The Balaban J connectivity index is 0.000000139. The first-order chi connectivity index (χ1) is 46.4. The third-order valence-electron chi connectivity index (χ3n) is 14.8. The van der Waals surface area contributed by atoms with E-state index >= 15 is 0 Å². The van der Waals surface area contributed by atoms with Gasteiger partial charge in [-0.1, -0.05) is 75.7 Å². The van der Waals surface area contributed by atoms with Gasteiger partial charge in [0, 0.05) is 103 Å². The molecule has 1 aliphatic rings. The molecule has 13 rings (SSSR count). The summed E-state index contributed by atoms with van der Waals surface area (Å²) in [5.74, 6) is 1.46. The molecule has 4 atom stereocenters. The minimum atomic E-state index is -0.436. The summed E-state index contributed by atoms with van der Waals surface area (Å²) in [6, 6.07) is 14.5. The third-order valence-corrected chi connectivity index (χ3v) is 25.1. The van der Waals surface area contributed by atoms with Gasteiger partial charge in [-0.15, -0.1) is 79.4 Å². The average molecular weight is 1620 g/mol. The monoisotopic (exact) mass is 1620 g/mol. The number of anilines is 4. The smallest absolute Gasteiger partial charge is 0.131 e. The maximum absolute atomic E-state index is 12.5. The van der Waals surface area contributed by atoms with Gasteiger partial charge in [-0.05, 0) is 116 Å². The Morgan fingerprint density at radius 2 is 0.969 bits per heavy atom. The Morgan fingerprint density at radius 3 is 1.41 bits per heavy atom. The topological polar surface area (TPSA) is 243 Å². The molecule has 96 heavy (non-hydrogen) atoms. The SMILES string of the molecule is C[C@H](N)Cc1sc2c(NCc3nccs3)cc(Cl)nc2c1C1CC1.N[C@@H](CCF)Cc1sc2c(NCc3ccco3)cc(Cl)nc2c1Br.N[C@@H](CCF)Cc1sc2c(NCc3cccs3)cc(Cl)nc2c1Cl.N[C@@H](CCF)Cc1sc2c(NCc3nccs3)cc(Cl)nc2c1Cl. The zero-order valence-corrected chi connectivity index (χ0v) is 63.2. The van der Waals surface area contributed by atoms with Gasteiger partial charge < -0.3 is 48.6 Å². The standard InChI is InChI=1S/C17H19ClN4S2.C16H16BrClFN3OS.C16H16Cl2FN3S2.C15H15Cl2FN4S2/c1-9(19)6-12-15(10-2-3-10)16-17(24-12)11(7-13(18)22-16)21-8-14-20-4-5-23-14;17-14-12(6-9(20)3-4-19)24-16-11(7-13(18)22-15(14)16)21-8-10-2-1-5-23-10;17-13-7-11(21-8-10-2-1-5-23-10)16-15(22-13)14(18)12(24-16)6-9(20)3-4-19;16-11-6-9(21-7-12-20-3-4-23-12)15-14(22-11)13(17)10(24-15)5-8(19)1-2-18/h4-5,7,9-10H,2-3,6,8,19H2,1H3,(H,21,22);2*1-2,5,7,9H,3-4,6,8,20H2,(H,21,22);3-4,6,8H,1-2,5,7,19H2,(H,21,22)/t3*9-;8-/m0000/s1. The lowest BCUT2D eigenvalue weighted by Crippen LogP contribution is -2.22. The summed E-state index contributed by atoms with van der Waals surface area (Å²) in [5, 5.41) is 24.3. The second-order valence-electron chi connectivity index (χ2n) is 22.3. The Bertz CT molecular complexity index is 4120. The molecular weight excluding hydrogens is 1550 g/mol. The molecule has 0 aliphatic heterocycles. The van der Waals surface area contributed by atoms with E-state index in [1.54, 1.807) is 76.0 Å². The molecule has 12 aromatic heterocycles. The number of hydrogen-bond donors (Lipinski definition) is 8. The number of nitrogens with zero attached hydrogens (tertiary/aromatic N) is 6. The second kappa shape index (κ2) is 35.9. The fourth-order valence-corrected chi connectivity index (χ4v) is 19.3. The van der Waals surface area contributed by atoms with Crippen LogP contribution in [0, 0.1) is 0 Å². The number of pyridine rings is 4. The maximum atomic E-state index is 12.5. The molecule has 1 aliphatic carbocycles. The van der Waals surface area contributed by atoms with Crippen molar-refractivity contribution in [1.29, 1.82) is 0 Å². The minimum Gasteiger partial charge on any atom is -0.467 e. The Kier molecular flexibility index (Phi) is 27.8. The van der Waals surface area contributed by atoms with Crippen LogP contribution in [0.3, 0.4) is 0 Å². The number of nitrogens with two attached hydrogens (primary N) is 4. The van der Waals surface area contributed by atoms with Gasteiger partial charge >= 0.3 is 0 Å². The van der Waals surface area contributed by atoms with Crippen molar-refractivity contribution in [3.63, 3.8) is 0 Å². The van der Waals surface area contributed by atoms with E-state index < -0.39 is 20.0 Å². The number of halogens is 10. The molecule has 12 N–H and O–H groups in total. The minimum absolute atomic E-state index is 0.151. The molecule has 1 fully saturated rings. The zero-order chi connectivity index (χ0) is 68.0. The molecule has 12 heterocycles. The van der Waals surface area contributed by atoms with E-state index in [1.807, 2.05) is 57.9 Å². The molecule has 0 aromatic carbocycles. The van der Waals surface area contributed by atoms with Gasteiger partial charge in [0.25, 0.3) is 0 Å². The summed E-state index contributed by atoms with van der Waals surface area (Å²) in [6.45, 7) is 3.34. The van der Waals surface area contributed by atoms with Gasteiger partial charge in [0.05, 0.1) is 113 Å². The van der Waals surface area contributed by atoms with E-state index in [0.717, 1.165) is 89.2 Å². The van der Waals surface area contributed by atoms with Crippen LogP contribution < -0.4 is 44.2 Å². The average Bonchev–Trinajstić information content (AvgIpc) is 1.61. The van der Waals surface area contributed by atoms with E-state index in [-0.39, 0.29) is 24.2 Å². The third kappa shape index (κ3) is 20.0. The van der Waals surface area contributed by atoms with Crippen LogP contribution in [0.1, 0.15) is 90.7 Å². The van der Waals surface area contributed by atoms with E-state index in [1.165, 1.54) is 55.5 Å². The van der Waals surface area contributed by atoms with Crippen LogP contribution in [-0.4, -0.2) is 74.1 Å². The van der Waals surface area contributed by atoms with E-state index in [0.29, 0.717) is 112 Å². The Labute approximate surface area is 619 Å². The van der Waals surface area contributed by atoms with Crippen LogP contribution >= 0.6 is 165 Å². The summed E-state index contributed by atoms with van der Waals surface area (Å²) >= 11 is 52.6. The van der Waals surface area contributed by atoms with Crippen molar-refractivity contribution in [3.05, 3.63) is 164 Å². The molecule has 15 nitrogen and oxygen atoms in total. The first kappa shape index (κ1) is 74.4. The highest BCUT2D eigenvalue weighted by atomic mass is 79.9. The molecule has 0 bridgehead atoms. The van der Waals surface area contributed by atoms with Gasteiger partial charge in [-0.2, -0.15) is 0 Å². The number of aromatic nitrogens is 6. The number of nitrogens with one attached hydrogen (secondary N) is 4. The normalized spacial score (nSPS) is 13.4. The van der Waals surface area contributed by atoms with Crippen molar-refractivity contribution in [2.45, 2.75) is 121 Å². The Hall–Kier alpha value is -4.27. The van der Waals surface area contributed by atoms with Crippen LogP contribution in [-0.2, 0) is 51.9 Å².